The first-order valence-electron chi connectivity index (χ1n) is 9.01. The average Bonchev–Trinajstić information content (AvgIpc) is 2.66. The fourth-order valence-corrected chi connectivity index (χ4v) is 2.79. The van der Waals surface area contributed by atoms with Crippen LogP contribution >= 0.6 is 0 Å². The van der Waals surface area contributed by atoms with E-state index in [9.17, 15) is 5.26 Å². The maximum atomic E-state index is 9.22. The van der Waals surface area contributed by atoms with Crippen LogP contribution in [0.2, 0.25) is 0 Å². The Bertz CT molecular complexity index is 665. The SMILES string of the molecule is CCCCCCCCN(CC)c1ccc(C(C#N)=C(C#N)C#N)cc1. The van der Waals surface area contributed by atoms with Gasteiger partial charge in [-0.25, -0.2) is 0 Å². The van der Waals surface area contributed by atoms with E-state index in [1.54, 1.807) is 12.1 Å². The largest absolute Gasteiger partial charge is 0.372 e. The van der Waals surface area contributed by atoms with Gasteiger partial charge in [0.1, 0.15) is 23.8 Å². The van der Waals surface area contributed by atoms with Crippen molar-refractivity contribution in [1.82, 2.24) is 0 Å². The van der Waals surface area contributed by atoms with Gasteiger partial charge in [0.25, 0.3) is 0 Å². The van der Waals surface area contributed by atoms with Crippen LogP contribution in [0.15, 0.2) is 29.8 Å². The van der Waals surface area contributed by atoms with Gasteiger partial charge in [0.05, 0.1) is 5.57 Å². The highest BCUT2D eigenvalue weighted by atomic mass is 15.1. The van der Waals surface area contributed by atoms with Crippen LogP contribution in [0.5, 0.6) is 0 Å². The van der Waals surface area contributed by atoms with Gasteiger partial charge in [-0.1, -0.05) is 51.2 Å². The molecule has 0 aliphatic carbocycles. The lowest BCUT2D eigenvalue weighted by Gasteiger charge is -2.23. The van der Waals surface area contributed by atoms with Gasteiger partial charge >= 0.3 is 0 Å². The molecule has 25 heavy (non-hydrogen) atoms. The van der Waals surface area contributed by atoms with Crippen LogP contribution in [0, 0.1) is 34.0 Å². The molecule has 0 unspecified atom stereocenters. The number of allylic oxidation sites excluding steroid dienone is 2. The molecule has 0 atom stereocenters. The first kappa shape index (κ1) is 20.3. The van der Waals surface area contributed by atoms with E-state index in [0.717, 1.165) is 18.8 Å². The summed E-state index contributed by atoms with van der Waals surface area (Å²) in [6.07, 6.45) is 7.64. The van der Waals surface area contributed by atoms with Gasteiger partial charge in [-0.2, -0.15) is 15.8 Å². The predicted molar refractivity (Wildman–Crippen MR) is 101 cm³/mol. The molecule has 1 rings (SSSR count). The van der Waals surface area contributed by atoms with Crippen molar-refractivity contribution in [1.29, 1.82) is 15.8 Å². The van der Waals surface area contributed by atoms with Crippen molar-refractivity contribution in [3.8, 4) is 18.2 Å². The fourth-order valence-electron chi connectivity index (χ4n) is 2.79. The molecule has 0 heterocycles. The number of nitriles is 3. The van der Waals surface area contributed by atoms with Gasteiger partial charge in [-0.15, -0.1) is 0 Å². The number of hydrogen-bond donors (Lipinski definition) is 0. The number of rotatable bonds is 10. The van der Waals surface area contributed by atoms with Gasteiger partial charge in [-0.3, -0.25) is 0 Å². The number of nitrogens with zero attached hydrogens (tertiary/aromatic N) is 4. The van der Waals surface area contributed by atoms with Crippen LogP contribution in [-0.2, 0) is 0 Å². The third kappa shape index (κ3) is 6.33. The van der Waals surface area contributed by atoms with Gasteiger partial charge < -0.3 is 4.90 Å². The molecule has 0 bridgehead atoms. The molecular formula is C21H26N4. The summed E-state index contributed by atoms with van der Waals surface area (Å²) in [7, 11) is 0. The van der Waals surface area contributed by atoms with Crippen molar-refractivity contribution >= 4 is 11.3 Å². The zero-order valence-electron chi connectivity index (χ0n) is 15.3. The predicted octanol–water partition coefficient (Wildman–Crippen LogP) is 5.20. The molecule has 0 amide bonds. The molecular weight excluding hydrogens is 308 g/mol. The van der Waals surface area contributed by atoms with E-state index >= 15 is 0 Å². The van der Waals surface area contributed by atoms with E-state index in [2.05, 4.69) is 18.7 Å². The molecule has 4 nitrogen and oxygen atoms in total. The Kier molecular flexibility index (Phi) is 9.50. The number of hydrogen-bond acceptors (Lipinski definition) is 4. The molecule has 0 saturated heterocycles. The molecule has 0 aromatic heterocycles. The summed E-state index contributed by atoms with van der Waals surface area (Å²) in [5.41, 5.74) is 1.71. The van der Waals surface area contributed by atoms with E-state index < -0.39 is 0 Å². The van der Waals surface area contributed by atoms with E-state index in [1.165, 1.54) is 38.5 Å². The second-order valence-electron chi connectivity index (χ2n) is 5.98. The Morgan fingerprint density at radius 1 is 0.840 bits per heavy atom. The van der Waals surface area contributed by atoms with Crippen molar-refractivity contribution in [2.45, 2.75) is 52.4 Å². The van der Waals surface area contributed by atoms with Crippen LogP contribution in [0.4, 0.5) is 5.69 Å². The van der Waals surface area contributed by atoms with Crippen molar-refractivity contribution in [3.05, 3.63) is 35.4 Å². The number of benzene rings is 1. The summed E-state index contributed by atoms with van der Waals surface area (Å²) in [4.78, 5) is 2.31. The maximum Gasteiger partial charge on any atom is 0.148 e. The van der Waals surface area contributed by atoms with Crippen LogP contribution < -0.4 is 4.90 Å². The molecule has 130 valence electrons. The Morgan fingerprint density at radius 3 is 1.96 bits per heavy atom. The summed E-state index contributed by atoms with van der Waals surface area (Å²) in [6, 6.07) is 13.1. The zero-order valence-corrected chi connectivity index (χ0v) is 15.3. The van der Waals surface area contributed by atoms with Gasteiger partial charge in [0.2, 0.25) is 0 Å². The van der Waals surface area contributed by atoms with Crippen LogP contribution in [0.25, 0.3) is 5.57 Å². The minimum absolute atomic E-state index is 0.135. The topological polar surface area (TPSA) is 74.6 Å². The van der Waals surface area contributed by atoms with Crippen LogP contribution in [0.3, 0.4) is 0 Å². The Labute approximate surface area is 151 Å². The summed E-state index contributed by atoms with van der Waals surface area (Å²) in [5, 5.41) is 27.1. The quantitative estimate of drug-likeness (QED) is 0.435. The molecule has 1 aromatic carbocycles. The molecule has 0 N–H and O–H groups in total. The van der Waals surface area contributed by atoms with E-state index in [4.69, 9.17) is 10.5 Å². The standard InChI is InChI=1S/C21H26N4/c1-3-5-6-7-8-9-14-25(4-2)20-12-10-18(11-13-20)21(17-24)19(15-22)16-23/h10-13H,3-9,14H2,1-2H3. The molecule has 0 radical (unpaired) electrons. The summed E-state index contributed by atoms with van der Waals surface area (Å²) < 4.78 is 0. The first-order valence-corrected chi connectivity index (χ1v) is 9.01. The third-order valence-electron chi connectivity index (χ3n) is 4.27. The Balaban J connectivity index is 2.74. The highest BCUT2D eigenvalue weighted by Crippen LogP contribution is 2.22. The number of anilines is 1. The lowest BCUT2D eigenvalue weighted by atomic mass is 10.0. The van der Waals surface area contributed by atoms with Crippen molar-refractivity contribution in [2.75, 3.05) is 18.0 Å². The minimum atomic E-state index is -0.144. The van der Waals surface area contributed by atoms with E-state index in [1.807, 2.05) is 30.3 Å². The second-order valence-corrected chi connectivity index (χ2v) is 5.98. The van der Waals surface area contributed by atoms with Gasteiger partial charge in [0.15, 0.2) is 0 Å². The molecule has 1 aromatic rings. The fraction of sp³-hybridized carbons (Fsp3) is 0.476. The lowest BCUT2D eigenvalue weighted by Crippen LogP contribution is -2.23. The smallest absolute Gasteiger partial charge is 0.148 e. The van der Waals surface area contributed by atoms with Crippen molar-refractivity contribution in [3.63, 3.8) is 0 Å². The summed E-state index contributed by atoms with van der Waals surface area (Å²) in [5.74, 6) is 0. The van der Waals surface area contributed by atoms with Crippen molar-refractivity contribution < 1.29 is 0 Å². The molecule has 0 aliphatic heterocycles. The Morgan fingerprint density at radius 2 is 1.44 bits per heavy atom. The molecule has 0 fully saturated rings. The Hall–Kier alpha value is -2.77. The van der Waals surface area contributed by atoms with Crippen LogP contribution in [0.1, 0.15) is 57.9 Å². The maximum absolute atomic E-state index is 9.22. The molecule has 4 heteroatoms. The highest BCUT2D eigenvalue weighted by molar-refractivity contribution is 5.84. The summed E-state index contributed by atoms with van der Waals surface area (Å²) in [6.45, 7) is 6.31. The van der Waals surface area contributed by atoms with E-state index in [-0.39, 0.29) is 11.1 Å². The lowest BCUT2D eigenvalue weighted by molar-refractivity contribution is 0.601. The van der Waals surface area contributed by atoms with Crippen LogP contribution in [-0.4, -0.2) is 13.1 Å². The molecule has 0 saturated carbocycles. The second kappa shape index (κ2) is 11.7. The molecule has 0 spiro atoms. The zero-order chi connectivity index (χ0) is 18.5. The van der Waals surface area contributed by atoms with Gasteiger partial charge in [-0.05, 0) is 31.0 Å². The number of unbranched alkanes of at least 4 members (excludes halogenated alkanes) is 5. The third-order valence-corrected chi connectivity index (χ3v) is 4.27. The first-order chi connectivity index (χ1) is 12.2. The van der Waals surface area contributed by atoms with E-state index in [0.29, 0.717) is 5.56 Å². The molecule has 0 aliphatic rings. The normalized spacial score (nSPS) is 9.56. The monoisotopic (exact) mass is 334 g/mol. The average molecular weight is 334 g/mol. The highest BCUT2D eigenvalue weighted by Gasteiger charge is 2.10. The van der Waals surface area contributed by atoms with Crippen molar-refractivity contribution in [2.24, 2.45) is 0 Å². The van der Waals surface area contributed by atoms with Gasteiger partial charge in [0, 0.05) is 18.8 Å². The minimum Gasteiger partial charge on any atom is -0.372 e. The summed E-state index contributed by atoms with van der Waals surface area (Å²) >= 11 is 0.